The first-order valence-electron chi connectivity index (χ1n) is 6.71. The minimum Gasteiger partial charge on any atom is -0.398 e. The molecule has 0 amide bonds. The zero-order chi connectivity index (χ0) is 15.5. The van der Waals surface area contributed by atoms with Gasteiger partial charge in [0.25, 0.3) is 0 Å². The van der Waals surface area contributed by atoms with Gasteiger partial charge in [0.2, 0.25) is 10.0 Å². The summed E-state index contributed by atoms with van der Waals surface area (Å²) in [5, 5.41) is 0. The van der Waals surface area contributed by atoms with Gasteiger partial charge in [-0.1, -0.05) is 48.0 Å². The van der Waals surface area contributed by atoms with E-state index < -0.39 is 10.0 Å². The summed E-state index contributed by atoms with van der Waals surface area (Å²) in [4.78, 5) is 0. The molecule has 0 unspecified atom stereocenters. The average Bonchev–Trinajstić information content (AvgIpc) is 2.41. The highest BCUT2D eigenvalue weighted by molar-refractivity contribution is 7.88. The van der Waals surface area contributed by atoms with Crippen LogP contribution in [0.15, 0.2) is 48.5 Å². The number of para-hydroxylation sites is 1. The van der Waals surface area contributed by atoms with Gasteiger partial charge in [-0.15, -0.1) is 0 Å². The molecule has 0 heterocycles. The van der Waals surface area contributed by atoms with Gasteiger partial charge in [-0.3, -0.25) is 0 Å². The van der Waals surface area contributed by atoms with Gasteiger partial charge < -0.3 is 5.73 Å². The van der Waals surface area contributed by atoms with E-state index in [4.69, 9.17) is 5.73 Å². The molecular formula is C16H20N2O2S. The first-order valence-corrected chi connectivity index (χ1v) is 8.32. The Balaban J connectivity index is 2.14. The Morgan fingerprint density at radius 2 is 1.81 bits per heavy atom. The lowest BCUT2D eigenvalue weighted by atomic mass is 10.1. The summed E-state index contributed by atoms with van der Waals surface area (Å²) in [6.45, 7) is 2.35. The third-order valence-electron chi connectivity index (χ3n) is 3.36. The molecule has 21 heavy (non-hydrogen) atoms. The van der Waals surface area contributed by atoms with Crippen molar-refractivity contribution in [2.45, 2.75) is 19.2 Å². The van der Waals surface area contributed by atoms with Gasteiger partial charge in [-0.05, 0) is 24.1 Å². The topological polar surface area (TPSA) is 63.4 Å². The maximum atomic E-state index is 12.4. The van der Waals surface area contributed by atoms with Crippen molar-refractivity contribution in [3.63, 3.8) is 0 Å². The van der Waals surface area contributed by atoms with Gasteiger partial charge >= 0.3 is 0 Å². The SMILES string of the molecule is Cc1cccc(CN(C)S(=O)(=O)Cc2ccccc2N)c1. The molecule has 2 aromatic carbocycles. The molecule has 112 valence electrons. The van der Waals surface area contributed by atoms with E-state index in [1.54, 1.807) is 31.3 Å². The number of nitrogens with zero attached hydrogens (tertiary/aromatic N) is 1. The van der Waals surface area contributed by atoms with Crippen LogP contribution in [0.5, 0.6) is 0 Å². The molecule has 0 aliphatic heterocycles. The van der Waals surface area contributed by atoms with E-state index in [0.29, 0.717) is 17.8 Å². The van der Waals surface area contributed by atoms with Crippen molar-refractivity contribution < 1.29 is 8.42 Å². The van der Waals surface area contributed by atoms with E-state index >= 15 is 0 Å². The van der Waals surface area contributed by atoms with Crippen molar-refractivity contribution in [1.29, 1.82) is 0 Å². The summed E-state index contributed by atoms with van der Waals surface area (Å²) in [5.41, 5.74) is 9.05. The lowest BCUT2D eigenvalue weighted by Crippen LogP contribution is -2.28. The number of rotatable bonds is 5. The number of sulfonamides is 1. The number of nitrogen functional groups attached to an aromatic ring is 1. The van der Waals surface area contributed by atoms with E-state index in [0.717, 1.165) is 11.1 Å². The van der Waals surface area contributed by atoms with Crippen LogP contribution in [0.2, 0.25) is 0 Å². The molecule has 0 saturated heterocycles. The summed E-state index contributed by atoms with van der Waals surface area (Å²) in [5.74, 6) is -0.0814. The molecule has 0 fully saturated rings. The number of aryl methyl sites for hydroxylation is 1. The van der Waals surface area contributed by atoms with Crippen LogP contribution in [-0.4, -0.2) is 19.8 Å². The molecule has 0 radical (unpaired) electrons. The minimum atomic E-state index is -3.39. The van der Waals surface area contributed by atoms with Crippen LogP contribution in [0.1, 0.15) is 16.7 Å². The van der Waals surface area contributed by atoms with E-state index in [9.17, 15) is 8.42 Å². The number of hydrogen-bond acceptors (Lipinski definition) is 3. The van der Waals surface area contributed by atoms with Crippen LogP contribution in [0.25, 0.3) is 0 Å². The third kappa shape index (κ3) is 4.06. The smallest absolute Gasteiger partial charge is 0.218 e. The fourth-order valence-electron chi connectivity index (χ4n) is 2.14. The highest BCUT2D eigenvalue weighted by Crippen LogP contribution is 2.17. The normalized spacial score (nSPS) is 11.8. The van der Waals surface area contributed by atoms with Gasteiger partial charge in [0, 0.05) is 19.3 Å². The number of anilines is 1. The molecule has 0 aliphatic carbocycles. The van der Waals surface area contributed by atoms with Crippen molar-refractivity contribution in [3.05, 3.63) is 65.2 Å². The number of benzene rings is 2. The first-order chi connectivity index (χ1) is 9.88. The largest absolute Gasteiger partial charge is 0.398 e. The van der Waals surface area contributed by atoms with Crippen molar-refractivity contribution in [2.24, 2.45) is 0 Å². The van der Waals surface area contributed by atoms with E-state index in [1.165, 1.54) is 4.31 Å². The Kier molecular flexibility index (Phi) is 4.65. The molecule has 0 bridgehead atoms. The molecule has 0 aliphatic rings. The van der Waals surface area contributed by atoms with Gasteiger partial charge in [0.05, 0.1) is 5.75 Å². The third-order valence-corrected chi connectivity index (χ3v) is 5.11. The molecule has 2 rings (SSSR count). The van der Waals surface area contributed by atoms with Crippen molar-refractivity contribution >= 4 is 15.7 Å². The predicted molar refractivity (Wildman–Crippen MR) is 86.1 cm³/mol. The maximum Gasteiger partial charge on any atom is 0.218 e. The fraction of sp³-hybridized carbons (Fsp3) is 0.250. The van der Waals surface area contributed by atoms with E-state index in [1.807, 2.05) is 31.2 Å². The zero-order valence-electron chi connectivity index (χ0n) is 12.3. The lowest BCUT2D eigenvalue weighted by Gasteiger charge is -2.18. The van der Waals surface area contributed by atoms with Crippen LogP contribution in [-0.2, 0) is 22.3 Å². The Morgan fingerprint density at radius 1 is 1.10 bits per heavy atom. The molecule has 5 heteroatoms. The summed E-state index contributed by atoms with van der Waals surface area (Å²) < 4.78 is 26.2. The highest BCUT2D eigenvalue weighted by atomic mass is 32.2. The maximum absolute atomic E-state index is 12.4. The summed E-state index contributed by atoms with van der Waals surface area (Å²) in [7, 11) is -1.80. The van der Waals surface area contributed by atoms with Crippen LogP contribution in [0.3, 0.4) is 0 Å². The summed E-state index contributed by atoms with van der Waals surface area (Å²) in [6.07, 6.45) is 0. The van der Waals surface area contributed by atoms with Gasteiger partial charge in [0.1, 0.15) is 0 Å². The highest BCUT2D eigenvalue weighted by Gasteiger charge is 2.19. The molecule has 4 nitrogen and oxygen atoms in total. The Bertz CT molecular complexity index is 727. The van der Waals surface area contributed by atoms with Crippen LogP contribution >= 0.6 is 0 Å². The lowest BCUT2D eigenvalue weighted by molar-refractivity contribution is 0.466. The Hall–Kier alpha value is -1.85. The summed E-state index contributed by atoms with van der Waals surface area (Å²) in [6, 6.07) is 14.9. The second-order valence-corrected chi connectivity index (χ2v) is 7.28. The first kappa shape index (κ1) is 15.5. The van der Waals surface area contributed by atoms with Crippen LogP contribution in [0.4, 0.5) is 5.69 Å². The number of hydrogen-bond donors (Lipinski definition) is 1. The molecule has 0 spiro atoms. The molecule has 2 aromatic rings. The second kappa shape index (κ2) is 6.28. The van der Waals surface area contributed by atoms with Crippen molar-refractivity contribution in [3.8, 4) is 0 Å². The second-order valence-electron chi connectivity index (χ2n) is 5.20. The molecule has 0 aromatic heterocycles. The Morgan fingerprint density at radius 3 is 2.48 bits per heavy atom. The van der Waals surface area contributed by atoms with Gasteiger partial charge in [-0.25, -0.2) is 12.7 Å². The minimum absolute atomic E-state index is 0.0814. The molecule has 2 N–H and O–H groups in total. The van der Waals surface area contributed by atoms with Crippen molar-refractivity contribution in [1.82, 2.24) is 4.31 Å². The quantitative estimate of drug-likeness (QED) is 0.863. The van der Waals surface area contributed by atoms with E-state index in [-0.39, 0.29) is 5.75 Å². The van der Waals surface area contributed by atoms with Crippen LogP contribution < -0.4 is 5.73 Å². The monoisotopic (exact) mass is 304 g/mol. The standard InChI is InChI=1S/C16H20N2O2S/c1-13-6-5-7-14(10-13)11-18(2)21(19,20)12-15-8-3-4-9-16(15)17/h3-10H,11-12,17H2,1-2H3. The molecular weight excluding hydrogens is 284 g/mol. The Labute approximate surface area is 126 Å². The number of nitrogens with two attached hydrogens (primary N) is 1. The van der Waals surface area contributed by atoms with Gasteiger partial charge in [-0.2, -0.15) is 0 Å². The molecule has 0 atom stereocenters. The fourth-order valence-corrected chi connectivity index (χ4v) is 3.36. The van der Waals surface area contributed by atoms with Crippen molar-refractivity contribution in [2.75, 3.05) is 12.8 Å². The molecule has 0 saturated carbocycles. The summed E-state index contributed by atoms with van der Waals surface area (Å²) >= 11 is 0. The van der Waals surface area contributed by atoms with Crippen LogP contribution in [0, 0.1) is 6.92 Å². The van der Waals surface area contributed by atoms with E-state index in [2.05, 4.69) is 0 Å². The predicted octanol–water partition coefficient (Wildman–Crippen LogP) is 2.54. The average molecular weight is 304 g/mol. The van der Waals surface area contributed by atoms with Gasteiger partial charge in [0.15, 0.2) is 0 Å². The zero-order valence-corrected chi connectivity index (χ0v) is 13.1.